The van der Waals surface area contributed by atoms with E-state index in [9.17, 15) is 4.79 Å². The van der Waals surface area contributed by atoms with Crippen LogP contribution in [0.2, 0.25) is 0 Å². The number of hydrogen-bond donors (Lipinski definition) is 1. The Balaban J connectivity index is 1.49. The first-order valence-corrected chi connectivity index (χ1v) is 9.46. The standard InChI is InChI=1S/C18H25N3O2S/c1-13-16(20-18(23-13)17-4-3-11-24-17)12-21-9-6-15(7-10-21)5-8-19-14(2)22/h3-4,11,15H,5-10,12H2,1-2H3,(H,19,22). The Hall–Kier alpha value is -1.66. The average molecular weight is 347 g/mol. The van der Waals surface area contributed by atoms with Gasteiger partial charge in [0, 0.05) is 20.0 Å². The molecule has 1 N–H and O–H groups in total. The molecule has 3 heterocycles. The molecule has 2 aromatic heterocycles. The maximum Gasteiger partial charge on any atom is 0.236 e. The Morgan fingerprint density at radius 3 is 2.92 bits per heavy atom. The summed E-state index contributed by atoms with van der Waals surface area (Å²) in [6, 6.07) is 4.06. The normalized spacial score (nSPS) is 16.4. The fourth-order valence-electron chi connectivity index (χ4n) is 3.18. The number of nitrogens with zero attached hydrogens (tertiary/aromatic N) is 2. The number of thiophene rings is 1. The highest BCUT2D eigenvalue weighted by Crippen LogP contribution is 2.27. The molecule has 1 saturated heterocycles. The highest BCUT2D eigenvalue weighted by atomic mass is 32.1. The van der Waals surface area contributed by atoms with Crippen LogP contribution < -0.4 is 5.32 Å². The predicted octanol–water partition coefficient (Wildman–Crippen LogP) is 3.45. The molecule has 0 aliphatic carbocycles. The van der Waals surface area contributed by atoms with Crippen LogP contribution in [-0.2, 0) is 11.3 Å². The van der Waals surface area contributed by atoms with Crippen LogP contribution in [0.1, 0.15) is 37.6 Å². The van der Waals surface area contributed by atoms with Gasteiger partial charge in [-0.2, -0.15) is 0 Å². The van der Waals surface area contributed by atoms with Crippen LogP contribution in [0, 0.1) is 12.8 Å². The second-order valence-corrected chi connectivity index (χ2v) is 7.44. The number of aryl methyl sites for hydroxylation is 1. The van der Waals surface area contributed by atoms with Gasteiger partial charge in [-0.3, -0.25) is 9.69 Å². The fraction of sp³-hybridized carbons (Fsp3) is 0.556. The highest BCUT2D eigenvalue weighted by molar-refractivity contribution is 7.13. The van der Waals surface area contributed by atoms with Crippen LogP contribution in [0.3, 0.4) is 0 Å². The van der Waals surface area contributed by atoms with E-state index < -0.39 is 0 Å². The van der Waals surface area contributed by atoms with Crippen molar-refractivity contribution in [1.82, 2.24) is 15.2 Å². The number of likely N-dealkylation sites (tertiary alicyclic amines) is 1. The molecule has 1 aliphatic heterocycles. The SMILES string of the molecule is CC(=O)NCCC1CCN(Cc2nc(-c3cccs3)oc2C)CC1. The van der Waals surface area contributed by atoms with E-state index in [0.29, 0.717) is 5.92 Å². The Labute approximate surface area is 147 Å². The van der Waals surface area contributed by atoms with Crippen molar-refractivity contribution >= 4 is 17.2 Å². The Kier molecular flexibility index (Phi) is 5.68. The van der Waals surface area contributed by atoms with Crippen LogP contribution in [0.15, 0.2) is 21.9 Å². The van der Waals surface area contributed by atoms with Crippen LogP contribution in [-0.4, -0.2) is 35.4 Å². The van der Waals surface area contributed by atoms with Crippen molar-refractivity contribution in [1.29, 1.82) is 0 Å². The monoisotopic (exact) mass is 347 g/mol. The van der Waals surface area contributed by atoms with Gasteiger partial charge in [-0.1, -0.05) is 6.07 Å². The zero-order chi connectivity index (χ0) is 16.9. The maximum atomic E-state index is 10.9. The zero-order valence-electron chi connectivity index (χ0n) is 14.4. The van der Waals surface area contributed by atoms with Gasteiger partial charge in [0.05, 0.1) is 10.6 Å². The molecule has 0 atom stereocenters. The van der Waals surface area contributed by atoms with Crippen LogP contribution in [0.25, 0.3) is 10.8 Å². The Morgan fingerprint density at radius 2 is 2.25 bits per heavy atom. The van der Waals surface area contributed by atoms with E-state index in [1.165, 1.54) is 12.8 Å². The van der Waals surface area contributed by atoms with Crippen LogP contribution in [0.5, 0.6) is 0 Å². The molecule has 0 unspecified atom stereocenters. The van der Waals surface area contributed by atoms with E-state index in [1.807, 2.05) is 24.4 Å². The lowest BCUT2D eigenvalue weighted by molar-refractivity contribution is -0.119. The molecule has 1 amide bonds. The maximum absolute atomic E-state index is 10.9. The summed E-state index contributed by atoms with van der Waals surface area (Å²) in [5.74, 6) is 2.44. The topological polar surface area (TPSA) is 58.4 Å². The molecule has 2 aromatic rings. The predicted molar refractivity (Wildman–Crippen MR) is 95.9 cm³/mol. The number of piperidine rings is 1. The first kappa shape index (κ1) is 17.2. The van der Waals surface area contributed by atoms with Gasteiger partial charge in [0.15, 0.2) is 0 Å². The summed E-state index contributed by atoms with van der Waals surface area (Å²) in [5.41, 5.74) is 1.05. The lowest BCUT2D eigenvalue weighted by Crippen LogP contribution is -2.34. The molecule has 1 fully saturated rings. The minimum Gasteiger partial charge on any atom is -0.440 e. The molecule has 0 saturated carbocycles. The third-order valence-electron chi connectivity index (χ3n) is 4.63. The number of aromatic nitrogens is 1. The summed E-state index contributed by atoms with van der Waals surface area (Å²) < 4.78 is 5.83. The summed E-state index contributed by atoms with van der Waals surface area (Å²) in [7, 11) is 0. The first-order valence-electron chi connectivity index (χ1n) is 8.59. The van der Waals surface area contributed by atoms with E-state index in [-0.39, 0.29) is 5.91 Å². The molecule has 130 valence electrons. The van der Waals surface area contributed by atoms with Crippen molar-refractivity contribution in [3.63, 3.8) is 0 Å². The molecule has 6 heteroatoms. The summed E-state index contributed by atoms with van der Waals surface area (Å²) >= 11 is 1.65. The molecule has 0 bridgehead atoms. The molecule has 24 heavy (non-hydrogen) atoms. The van der Waals surface area contributed by atoms with Crippen LogP contribution in [0.4, 0.5) is 0 Å². The summed E-state index contributed by atoms with van der Waals surface area (Å²) in [6.07, 6.45) is 3.46. The van der Waals surface area contributed by atoms with E-state index in [0.717, 1.165) is 54.8 Å². The van der Waals surface area contributed by atoms with Crippen molar-refractivity contribution in [2.45, 2.75) is 39.7 Å². The minimum absolute atomic E-state index is 0.0653. The molecule has 0 aromatic carbocycles. The van der Waals surface area contributed by atoms with Crippen molar-refractivity contribution in [2.75, 3.05) is 19.6 Å². The number of nitrogens with one attached hydrogen (secondary N) is 1. The van der Waals surface area contributed by atoms with Gasteiger partial charge in [0.1, 0.15) is 5.76 Å². The largest absolute Gasteiger partial charge is 0.440 e. The van der Waals surface area contributed by atoms with E-state index in [2.05, 4.69) is 15.2 Å². The number of oxazole rings is 1. The molecular formula is C18H25N3O2S. The fourth-order valence-corrected chi connectivity index (χ4v) is 3.83. The van der Waals surface area contributed by atoms with Gasteiger partial charge >= 0.3 is 0 Å². The first-order chi connectivity index (χ1) is 11.6. The third kappa shape index (κ3) is 4.45. The molecule has 0 radical (unpaired) electrons. The van der Waals surface area contributed by atoms with Crippen molar-refractivity contribution < 1.29 is 9.21 Å². The molecule has 3 rings (SSSR count). The van der Waals surface area contributed by atoms with Gasteiger partial charge in [0.25, 0.3) is 0 Å². The zero-order valence-corrected chi connectivity index (χ0v) is 15.2. The number of rotatable bonds is 6. The van der Waals surface area contributed by atoms with Crippen LogP contribution >= 0.6 is 11.3 Å². The summed E-state index contributed by atoms with van der Waals surface area (Å²) in [6.45, 7) is 7.41. The van der Waals surface area contributed by atoms with Crippen molar-refractivity contribution in [2.24, 2.45) is 5.92 Å². The number of carbonyl (C=O) groups is 1. The molecule has 1 aliphatic rings. The van der Waals surface area contributed by atoms with E-state index >= 15 is 0 Å². The quantitative estimate of drug-likeness (QED) is 0.869. The van der Waals surface area contributed by atoms with E-state index in [4.69, 9.17) is 4.42 Å². The van der Waals surface area contributed by atoms with Gasteiger partial charge in [-0.15, -0.1) is 11.3 Å². The number of carbonyl (C=O) groups excluding carboxylic acids is 1. The lowest BCUT2D eigenvalue weighted by Gasteiger charge is -2.31. The second-order valence-electron chi connectivity index (χ2n) is 6.49. The third-order valence-corrected chi connectivity index (χ3v) is 5.49. The van der Waals surface area contributed by atoms with Crippen molar-refractivity contribution in [3.8, 4) is 10.8 Å². The van der Waals surface area contributed by atoms with E-state index in [1.54, 1.807) is 18.3 Å². The smallest absolute Gasteiger partial charge is 0.236 e. The molecular weight excluding hydrogens is 322 g/mol. The van der Waals surface area contributed by atoms with Gasteiger partial charge in [0.2, 0.25) is 11.8 Å². The summed E-state index contributed by atoms with van der Waals surface area (Å²) in [4.78, 5) is 19.2. The average Bonchev–Trinajstić information content (AvgIpc) is 3.19. The Bertz CT molecular complexity index is 658. The second kappa shape index (κ2) is 7.94. The number of amides is 1. The van der Waals surface area contributed by atoms with Gasteiger partial charge in [-0.25, -0.2) is 4.98 Å². The molecule has 0 spiro atoms. The van der Waals surface area contributed by atoms with Gasteiger partial charge in [-0.05, 0) is 56.6 Å². The minimum atomic E-state index is 0.0653. The Morgan fingerprint density at radius 1 is 1.46 bits per heavy atom. The summed E-state index contributed by atoms with van der Waals surface area (Å²) in [5, 5.41) is 4.94. The van der Waals surface area contributed by atoms with Gasteiger partial charge < -0.3 is 9.73 Å². The number of hydrogen-bond acceptors (Lipinski definition) is 5. The molecule has 5 nitrogen and oxygen atoms in total. The highest BCUT2D eigenvalue weighted by Gasteiger charge is 2.21. The van der Waals surface area contributed by atoms with Crippen molar-refractivity contribution in [3.05, 3.63) is 29.0 Å². The lowest BCUT2D eigenvalue weighted by atomic mass is 9.93.